The number of hydrogen-bond acceptors (Lipinski definition) is 5. The number of amides is 2. The lowest BCUT2D eigenvalue weighted by atomic mass is 10.2. The number of thiocarbonyl (C=S) groups is 1. The molecule has 4 rings (SSSR count). The highest BCUT2D eigenvalue weighted by atomic mass is 79.9. The molecule has 2 amide bonds. The fourth-order valence-electron chi connectivity index (χ4n) is 2.94. The van der Waals surface area contributed by atoms with Gasteiger partial charge in [0.2, 0.25) is 0 Å². The Morgan fingerprint density at radius 1 is 1.12 bits per heavy atom. The van der Waals surface area contributed by atoms with E-state index >= 15 is 0 Å². The van der Waals surface area contributed by atoms with E-state index < -0.39 is 11.8 Å². The van der Waals surface area contributed by atoms with Gasteiger partial charge in [-0.25, -0.2) is 4.39 Å². The van der Waals surface area contributed by atoms with Crippen LogP contribution in [0.3, 0.4) is 0 Å². The number of benzene rings is 3. The lowest BCUT2D eigenvalue weighted by molar-refractivity contribution is -0.123. The summed E-state index contributed by atoms with van der Waals surface area (Å²) in [7, 11) is 0. The van der Waals surface area contributed by atoms with Crippen LogP contribution in [-0.2, 0) is 11.4 Å². The Morgan fingerprint density at radius 3 is 2.55 bits per heavy atom. The highest BCUT2D eigenvalue weighted by Crippen LogP contribution is 2.33. The summed E-state index contributed by atoms with van der Waals surface area (Å²) in [6.07, 6.45) is 1.70. The molecule has 0 unspecified atom stereocenters. The molecular formula is C24H16BrFN2O3S2. The zero-order chi connectivity index (χ0) is 23.4. The molecule has 0 aliphatic carbocycles. The maximum atomic E-state index is 13.0. The van der Waals surface area contributed by atoms with Gasteiger partial charge in [-0.15, -0.1) is 0 Å². The van der Waals surface area contributed by atoms with Crippen molar-refractivity contribution in [3.8, 4) is 5.75 Å². The molecule has 0 atom stereocenters. The Hall–Kier alpha value is -3.01. The van der Waals surface area contributed by atoms with E-state index in [0.717, 1.165) is 27.9 Å². The molecular weight excluding hydrogens is 527 g/mol. The van der Waals surface area contributed by atoms with Gasteiger partial charge in [-0.1, -0.05) is 48.2 Å². The van der Waals surface area contributed by atoms with Crippen LogP contribution < -0.4 is 10.2 Å². The molecule has 33 heavy (non-hydrogen) atoms. The molecule has 0 radical (unpaired) electrons. The number of carbonyl (C=O) groups is 2. The van der Waals surface area contributed by atoms with Crippen LogP contribution in [0.5, 0.6) is 5.75 Å². The molecule has 1 heterocycles. The number of nitrogens with zero attached hydrogens (tertiary/aromatic N) is 1. The lowest BCUT2D eigenvalue weighted by Gasteiger charge is -2.15. The summed E-state index contributed by atoms with van der Waals surface area (Å²) < 4.78 is 19.8. The van der Waals surface area contributed by atoms with Gasteiger partial charge in [0.25, 0.3) is 11.8 Å². The Kier molecular flexibility index (Phi) is 7.22. The minimum absolute atomic E-state index is 0.244. The smallest absolute Gasteiger partial charge is 0.285 e. The van der Waals surface area contributed by atoms with Gasteiger partial charge in [0, 0.05) is 5.56 Å². The normalized spacial score (nSPS) is 14.6. The summed E-state index contributed by atoms with van der Waals surface area (Å²) in [6.45, 7) is 0.290. The number of carbonyl (C=O) groups excluding carboxylic acids is 2. The van der Waals surface area contributed by atoms with E-state index in [2.05, 4.69) is 21.4 Å². The van der Waals surface area contributed by atoms with Crippen LogP contribution >= 0.6 is 39.9 Å². The van der Waals surface area contributed by atoms with Crippen molar-refractivity contribution >= 4 is 62.1 Å². The Morgan fingerprint density at radius 2 is 1.85 bits per heavy atom. The largest absolute Gasteiger partial charge is 0.488 e. The molecule has 1 fully saturated rings. The zero-order valence-electron chi connectivity index (χ0n) is 17.0. The van der Waals surface area contributed by atoms with E-state index in [4.69, 9.17) is 17.0 Å². The Labute approximate surface area is 207 Å². The van der Waals surface area contributed by atoms with Crippen molar-refractivity contribution in [2.24, 2.45) is 0 Å². The summed E-state index contributed by atoms with van der Waals surface area (Å²) in [6, 6.07) is 20.1. The summed E-state index contributed by atoms with van der Waals surface area (Å²) >= 11 is 9.86. The predicted molar refractivity (Wildman–Crippen MR) is 134 cm³/mol. The van der Waals surface area contributed by atoms with Gasteiger partial charge < -0.3 is 4.74 Å². The number of hydrogen-bond donors (Lipinski definition) is 1. The van der Waals surface area contributed by atoms with Crippen molar-refractivity contribution in [3.05, 3.63) is 105 Å². The number of halogens is 2. The SMILES string of the molecule is O=C(NN1C(=O)/C(=C/c2ccc(OCc3ccc(F)cc3)c(Br)c2)SC1=S)c1ccccc1. The van der Waals surface area contributed by atoms with Gasteiger partial charge in [0.15, 0.2) is 4.32 Å². The molecule has 1 aliphatic heterocycles. The highest BCUT2D eigenvalue weighted by molar-refractivity contribution is 9.10. The van der Waals surface area contributed by atoms with Crippen LogP contribution in [0.15, 0.2) is 82.2 Å². The summed E-state index contributed by atoms with van der Waals surface area (Å²) in [5.41, 5.74) is 4.58. The van der Waals surface area contributed by atoms with Crippen molar-refractivity contribution in [2.75, 3.05) is 0 Å². The molecule has 5 nitrogen and oxygen atoms in total. The van der Waals surface area contributed by atoms with Crippen molar-refractivity contribution in [3.63, 3.8) is 0 Å². The summed E-state index contributed by atoms with van der Waals surface area (Å²) in [4.78, 5) is 25.6. The topological polar surface area (TPSA) is 58.6 Å². The minimum atomic E-state index is -0.418. The summed E-state index contributed by atoms with van der Waals surface area (Å²) in [5.74, 6) is -0.505. The van der Waals surface area contributed by atoms with Crippen LogP contribution in [0, 0.1) is 5.82 Å². The molecule has 0 spiro atoms. The van der Waals surface area contributed by atoms with E-state index in [0.29, 0.717) is 20.7 Å². The minimum Gasteiger partial charge on any atom is -0.488 e. The van der Waals surface area contributed by atoms with Crippen LogP contribution in [0.4, 0.5) is 4.39 Å². The van der Waals surface area contributed by atoms with Crippen LogP contribution in [0.25, 0.3) is 6.08 Å². The third kappa shape index (κ3) is 5.68. The van der Waals surface area contributed by atoms with E-state index in [1.54, 1.807) is 60.7 Å². The molecule has 9 heteroatoms. The fourth-order valence-corrected chi connectivity index (χ4v) is 4.63. The lowest BCUT2D eigenvalue weighted by Crippen LogP contribution is -2.44. The quantitative estimate of drug-likeness (QED) is 0.319. The maximum absolute atomic E-state index is 13.0. The average molecular weight is 543 g/mol. The predicted octanol–water partition coefficient (Wildman–Crippen LogP) is 5.71. The van der Waals surface area contributed by atoms with Crippen LogP contribution in [-0.4, -0.2) is 21.1 Å². The average Bonchev–Trinajstić information content (AvgIpc) is 3.07. The number of nitrogens with one attached hydrogen (secondary N) is 1. The van der Waals surface area contributed by atoms with Gasteiger partial charge in [-0.05, 0) is 81.7 Å². The van der Waals surface area contributed by atoms with Crippen molar-refractivity contribution < 1.29 is 18.7 Å². The standard InChI is InChI=1S/C24H16BrFN2O3S2/c25-19-12-16(8-11-20(19)31-14-15-6-9-18(26)10-7-15)13-21-23(30)28(24(32)33-21)27-22(29)17-4-2-1-3-5-17/h1-13H,14H2,(H,27,29)/b21-13-. The maximum Gasteiger partial charge on any atom is 0.285 e. The van der Waals surface area contributed by atoms with E-state index in [-0.39, 0.29) is 16.7 Å². The molecule has 1 saturated heterocycles. The molecule has 3 aromatic rings. The van der Waals surface area contributed by atoms with Gasteiger partial charge >= 0.3 is 0 Å². The van der Waals surface area contributed by atoms with Gasteiger partial charge in [-0.3, -0.25) is 15.0 Å². The van der Waals surface area contributed by atoms with Crippen molar-refractivity contribution in [1.29, 1.82) is 0 Å². The molecule has 0 bridgehead atoms. The Balaban J connectivity index is 1.43. The monoisotopic (exact) mass is 542 g/mol. The van der Waals surface area contributed by atoms with Crippen molar-refractivity contribution in [2.45, 2.75) is 6.61 Å². The van der Waals surface area contributed by atoms with Gasteiger partial charge in [-0.2, -0.15) is 5.01 Å². The molecule has 3 aromatic carbocycles. The second kappa shape index (κ2) is 10.3. The third-order valence-electron chi connectivity index (χ3n) is 4.60. The molecule has 0 saturated carbocycles. The number of hydrazine groups is 1. The van der Waals surface area contributed by atoms with Crippen molar-refractivity contribution in [1.82, 2.24) is 10.4 Å². The second-order valence-electron chi connectivity index (χ2n) is 6.93. The van der Waals surface area contributed by atoms with Gasteiger partial charge in [0.05, 0.1) is 9.38 Å². The zero-order valence-corrected chi connectivity index (χ0v) is 20.2. The number of rotatable bonds is 6. The third-order valence-corrected chi connectivity index (χ3v) is 6.53. The molecule has 1 N–H and O–H groups in total. The van der Waals surface area contributed by atoms with Crippen LogP contribution in [0.1, 0.15) is 21.5 Å². The second-order valence-corrected chi connectivity index (χ2v) is 9.46. The van der Waals surface area contributed by atoms with E-state index in [1.165, 1.54) is 12.1 Å². The highest BCUT2D eigenvalue weighted by Gasteiger charge is 2.33. The number of ether oxygens (including phenoxy) is 1. The summed E-state index contributed by atoms with van der Waals surface area (Å²) in [5, 5.41) is 1.08. The fraction of sp³-hybridized carbons (Fsp3) is 0.0417. The molecule has 166 valence electrons. The van der Waals surface area contributed by atoms with E-state index in [1.807, 2.05) is 6.07 Å². The number of thioether (sulfide) groups is 1. The first-order valence-electron chi connectivity index (χ1n) is 9.71. The van der Waals surface area contributed by atoms with E-state index in [9.17, 15) is 14.0 Å². The molecule has 0 aromatic heterocycles. The van der Waals surface area contributed by atoms with Gasteiger partial charge in [0.1, 0.15) is 18.2 Å². The Bertz CT molecular complexity index is 1250. The van der Waals surface area contributed by atoms with Crippen LogP contribution in [0.2, 0.25) is 0 Å². The molecule has 1 aliphatic rings. The first kappa shape index (κ1) is 23.2. The first-order valence-corrected chi connectivity index (χ1v) is 11.7. The first-order chi connectivity index (χ1) is 15.9.